The van der Waals surface area contributed by atoms with E-state index < -0.39 is 13.1 Å². The third-order valence-corrected chi connectivity index (χ3v) is 1.41. The summed E-state index contributed by atoms with van der Waals surface area (Å²) in [5, 5.41) is 0. The zero-order valence-corrected chi connectivity index (χ0v) is 5.85. The Balaban J connectivity index is 0.00000169. The van der Waals surface area contributed by atoms with Gasteiger partial charge in [-0.2, -0.15) is 0 Å². The molecule has 0 aliphatic carbocycles. The van der Waals surface area contributed by atoms with Crippen molar-refractivity contribution in [1.29, 1.82) is 0 Å². The molecular weight excluding hydrogens is 126 g/mol. The van der Waals surface area contributed by atoms with Crippen LogP contribution < -0.4 is 0 Å². The molecule has 1 fully saturated rings. The Hall–Kier alpha value is -0.0800. The molecule has 0 unspecified atom stereocenters. The van der Waals surface area contributed by atoms with Gasteiger partial charge in [-0.1, -0.05) is 7.43 Å². The summed E-state index contributed by atoms with van der Waals surface area (Å²) in [6.45, 7) is 0.321. The second kappa shape index (κ2) is 4.69. The minimum Gasteiger partial charge on any atom is -0.379 e. The second-order valence-electron chi connectivity index (χ2n) is 2.39. The average molecular weight is 149 g/mol. The fraction of sp³-hybridized carbons (Fsp3) is 1.00. The molecule has 1 heterocycles. The van der Waals surface area contributed by atoms with Crippen molar-refractivity contribution in [2.24, 2.45) is 0 Å². The van der Waals surface area contributed by atoms with Crippen LogP contribution in [0.5, 0.6) is 0 Å². The molecule has 2 heteroatoms. The standard InChI is InChI=1S/C7H15NO.CH4/c1-7(2)8-3-5-9-6-4-8;/h7H,3-6H2,1-2H3;1H4/i5D2,6D2;. The molecule has 0 aromatic rings. The van der Waals surface area contributed by atoms with Gasteiger partial charge in [0, 0.05) is 19.1 Å². The van der Waals surface area contributed by atoms with Gasteiger partial charge in [-0.05, 0) is 13.8 Å². The molecule has 10 heavy (non-hydrogen) atoms. The van der Waals surface area contributed by atoms with Crippen LogP contribution in [0.3, 0.4) is 0 Å². The minimum atomic E-state index is -1.88. The minimum absolute atomic E-state index is 0. The van der Waals surface area contributed by atoms with E-state index in [9.17, 15) is 0 Å². The molecule has 1 saturated heterocycles. The van der Waals surface area contributed by atoms with Gasteiger partial charge in [0.25, 0.3) is 0 Å². The van der Waals surface area contributed by atoms with Crippen molar-refractivity contribution in [3.05, 3.63) is 0 Å². The molecule has 0 aromatic carbocycles. The van der Waals surface area contributed by atoms with Crippen molar-refractivity contribution >= 4 is 0 Å². The van der Waals surface area contributed by atoms with Crippen molar-refractivity contribution in [3.63, 3.8) is 0 Å². The van der Waals surface area contributed by atoms with Crippen LogP contribution in [0.1, 0.15) is 26.8 Å². The van der Waals surface area contributed by atoms with E-state index in [4.69, 9.17) is 5.48 Å². The quantitative estimate of drug-likeness (QED) is 0.558. The normalized spacial score (nSPS) is 36.7. The van der Waals surface area contributed by atoms with Crippen molar-refractivity contribution in [3.8, 4) is 0 Å². The van der Waals surface area contributed by atoms with Crippen molar-refractivity contribution in [2.75, 3.05) is 26.2 Å². The topological polar surface area (TPSA) is 12.5 Å². The summed E-state index contributed by atoms with van der Waals surface area (Å²) < 4.78 is 34.1. The molecule has 0 radical (unpaired) electrons. The Labute approximate surface area is 69.8 Å². The summed E-state index contributed by atoms with van der Waals surface area (Å²) >= 11 is 0. The average Bonchev–Trinajstić information content (AvgIpc) is 1.79. The zero-order chi connectivity index (χ0) is 10.3. The molecule has 0 saturated carbocycles. The smallest absolute Gasteiger partial charge is 0.0594 e. The largest absolute Gasteiger partial charge is 0.379 e. The Morgan fingerprint density at radius 3 is 2.30 bits per heavy atom. The first kappa shape index (κ1) is 4.73. The van der Waals surface area contributed by atoms with Gasteiger partial charge in [-0.3, -0.25) is 4.90 Å². The van der Waals surface area contributed by atoms with Crippen LogP contribution in [-0.2, 0) is 4.74 Å². The van der Waals surface area contributed by atoms with Gasteiger partial charge in [0.2, 0.25) is 0 Å². The molecule has 0 N–H and O–H groups in total. The molecule has 1 rings (SSSR count). The van der Waals surface area contributed by atoms with E-state index >= 15 is 0 Å². The fourth-order valence-electron chi connectivity index (χ4n) is 0.702. The van der Waals surface area contributed by atoms with Crippen LogP contribution in [-0.4, -0.2) is 37.1 Å². The Morgan fingerprint density at radius 1 is 1.40 bits per heavy atom. The van der Waals surface area contributed by atoms with Gasteiger partial charge in [0.1, 0.15) is 0 Å². The molecule has 0 atom stereocenters. The summed E-state index contributed by atoms with van der Waals surface area (Å²) in [4.78, 5) is 1.74. The Morgan fingerprint density at radius 2 is 1.90 bits per heavy atom. The van der Waals surface area contributed by atoms with Gasteiger partial charge in [0.05, 0.1) is 18.6 Å². The van der Waals surface area contributed by atoms with Gasteiger partial charge >= 0.3 is 0 Å². The summed E-state index contributed by atoms with van der Waals surface area (Å²) in [6, 6.07) is 0.133. The lowest BCUT2D eigenvalue weighted by Crippen LogP contribution is -2.40. The van der Waals surface area contributed by atoms with Gasteiger partial charge in [0.15, 0.2) is 0 Å². The molecule has 0 bridgehead atoms. The number of nitrogens with zero attached hydrogens (tertiary/aromatic N) is 1. The first-order chi connectivity index (χ1) is 5.72. The maximum atomic E-state index is 7.37. The monoisotopic (exact) mass is 149 g/mol. The van der Waals surface area contributed by atoms with E-state index in [-0.39, 0.29) is 26.6 Å². The van der Waals surface area contributed by atoms with Crippen LogP contribution >= 0.6 is 0 Å². The molecule has 0 aromatic heterocycles. The van der Waals surface area contributed by atoms with E-state index in [2.05, 4.69) is 4.74 Å². The van der Waals surface area contributed by atoms with Crippen LogP contribution in [0.4, 0.5) is 0 Å². The van der Waals surface area contributed by atoms with Crippen molar-refractivity contribution in [2.45, 2.75) is 27.3 Å². The lowest BCUT2D eigenvalue weighted by Gasteiger charge is -2.29. The highest BCUT2D eigenvalue weighted by molar-refractivity contribution is 4.64. The predicted octanol–water partition coefficient (Wildman–Crippen LogP) is 1.36. The van der Waals surface area contributed by atoms with E-state index in [1.54, 1.807) is 4.90 Å². The Bertz CT molecular complexity index is 180. The molecule has 0 spiro atoms. The van der Waals surface area contributed by atoms with E-state index in [1.165, 1.54) is 0 Å². The maximum Gasteiger partial charge on any atom is 0.0594 e. The van der Waals surface area contributed by atoms with Gasteiger partial charge < -0.3 is 4.74 Å². The number of ether oxygens (including phenoxy) is 1. The van der Waals surface area contributed by atoms with Crippen LogP contribution in [0, 0.1) is 0 Å². The van der Waals surface area contributed by atoms with Crippen molar-refractivity contribution in [1.82, 2.24) is 4.90 Å². The molecule has 1 aliphatic rings. The number of morpholine rings is 1. The highest BCUT2D eigenvalue weighted by Crippen LogP contribution is 2.01. The first-order valence-corrected chi connectivity index (χ1v) is 3.16. The third kappa shape index (κ3) is 2.67. The zero-order valence-electron chi connectivity index (χ0n) is 9.85. The van der Waals surface area contributed by atoms with E-state index in [1.807, 2.05) is 13.8 Å². The number of hydrogen-bond acceptors (Lipinski definition) is 2. The fourth-order valence-corrected chi connectivity index (χ4v) is 0.702. The molecule has 1 aliphatic heterocycles. The SMILES string of the molecule is C.[2H]C1([2H])CN(C(C)C)CC([2H])([2H])O1. The third-order valence-electron chi connectivity index (χ3n) is 1.41. The first-order valence-electron chi connectivity index (χ1n) is 5.16. The number of rotatable bonds is 1. The van der Waals surface area contributed by atoms with Crippen LogP contribution in [0.25, 0.3) is 0 Å². The summed E-state index contributed by atoms with van der Waals surface area (Å²) in [5.41, 5.74) is 0. The highest BCUT2D eigenvalue weighted by Gasteiger charge is 2.11. The predicted molar refractivity (Wildman–Crippen MR) is 44.3 cm³/mol. The summed E-state index contributed by atoms with van der Waals surface area (Å²) in [5.74, 6) is 0. The lowest BCUT2D eigenvalue weighted by molar-refractivity contribution is 0.0238. The van der Waals surface area contributed by atoms with Crippen molar-refractivity contribution < 1.29 is 10.2 Å². The maximum absolute atomic E-state index is 7.37. The van der Waals surface area contributed by atoms with Gasteiger partial charge in [-0.15, -0.1) is 0 Å². The van der Waals surface area contributed by atoms with Crippen LogP contribution in [0.15, 0.2) is 0 Å². The van der Waals surface area contributed by atoms with E-state index in [0.29, 0.717) is 0 Å². The molecular formula is C8H19NO. The molecule has 62 valence electrons. The Kier molecular flexibility index (Phi) is 2.22. The summed E-state index contributed by atoms with van der Waals surface area (Å²) in [6.07, 6.45) is 0. The van der Waals surface area contributed by atoms with Gasteiger partial charge in [-0.25, -0.2) is 0 Å². The van der Waals surface area contributed by atoms with Crippen LogP contribution in [0.2, 0.25) is 0 Å². The van der Waals surface area contributed by atoms with E-state index in [0.717, 1.165) is 0 Å². The molecule has 0 amide bonds. The second-order valence-corrected chi connectivity index (χ2v) is 2.39. The lowest BCUT2D eigenvalue weighted by atomic mass is 10.3. The highest BCUT2D eigenvalue weighted by atomic mass is 16.5. The number of hydrogen-bond donors (Lipinski definition) is 0. The molecule has 2 nitrogen and oxygen atoms in total. The summed E-state index contributed by atoms with van der Waals surface area (Å²) in [7, 11) is 0.